The fourth-order valence-electron chi connectivity index (χ4n) is 2.17. The molecular formula is C16H11N3O3S. The van der Waals surface area contributed by atoms with Crippen LogP contribution in [0.1, 0.15) is 10.5 Å². The quantitative estimate of drug-likeness (QED) is 0.800. The Morgan fingerprint density at radius 1 is 1.22 bits per heavy atom. The van der Waals surface area contributed by atoms with Crippen molar-refractivity contribution < 1.29 is 14.3 Å². The highest BCUT2D eigenvalue weighted by molar-refractivity contribution is 7.13. The van der Waals surface area contributed by atoms with Gasteiger partial charge in [-0.1, -0.05) is 0 Å². The Labute approximate surface area is 135 Å². The van der Waals surface area contributed by atoms with Crippen LogP contribution in [0.4, 0.5) is 5.69 Å². The fraction of sp³-hybridized carbons (Fsp3) is 0.0625. The van der Waals surface area contributed by atoms with E-state index < -0.39 is 0 Å². The van der Waals surface area contributed by atoms with Crippen LogP contribution in [0.25, 0.3) is 10.6 Å². The highest BCUT2D eigenvalue weighted by atomic mass is 32.1. The number of hydrogen-bond donors (Lipinski definition) is 1. The molecule has 0 saturated heterocycles. The maximum Gasteiger partial charge on any atom is 0.275 e. The number of carbonyl (C=O) groups excluding carboxylic acids is 1. The summed E-state index contributed by atoms with van der Waals surface area (Å²) >= 11 is 1.41. The van der Waals surface area contributed by atoms with E-state index in [-0.39, 0.29) is 12.7 Å². The molecule has 1 N–H and O–H groups in total. The lowest BCUT2D eigenvalue weighted by atomic mass is 10.2. The smallest absolute Gasteiger partial charge is 0.275 e. The second-order valence-electron chi connectivity index (χ2n) is 4.80. The number of hydrogen-bond acceptors (Lipinski definition) is 6. The van der Waals surface area contributed by atoms with Crippen LogP contribution in [-0.4, -0.2) is 22.7 Å². The number of carbonyl (C=O) groups is 1. The average molecular weight is 325 g/mol. The molecule has 4 rings (SSSR count). The van der Waals surface area contributed by atoms with Crippen LogP contribution in [0.3, 0.4) is 0 Å². The van der Waals surface area contributed by atoms with Crippen molar-refractivity contribution >= 4 is 22.9 Å². The van der Waals surface area contributed by atoms with E-state index in [1.165, 1.54) is 11.3 Å². The third kappa shape index (κ3) is 2.74. The van der Waals surface area contributed by atoms with Gasteiger partial charge in [0.2, 0.25) is 6.79 Å². The second kappa shape index (κ2) is 5.69. The number of rotatable bonds is 3. The lowest BCUT2D eigenvalue weighted by molar-refractivity contribution is 0.102. The van der Waals surface area contributed by atoms with Crippen molar-refractivity contribution in [2.45, 2.75) is 0 Å². The van der Waals surface area contributed by atoms with Gasteiger partial charge in [0.05, 0.1) is 0 Å². The number of anilines is 1. The molecule has 0 unspecified atom stereocenters. The van der Waals surface area contributed by atoms with E-state index in [0.717, 1.165) is 10.6 Å². The second-order valence-corrected chi connectivity index (χ2v) is 5.66. The molecule has 114 valence electrons. The summed E-state index contributed by atoms with van der Waals surface area (Å²) in [5.41, 5.74) is 1.89. The minimum atomic E-state index is -0.268. The van der Waals surface area contributed by atoms with Crippen LogP contribution in [0.5, 0.6) is 11.5 Å². The lowest BCUT2D eigenvalue weighted by Crippen LogP contribution is -2.12. The van der Waals surface area contributed by atoms with Crippen molar-refractivity contribution in [1.82, 2.24) is 9.97 Å². The monoisotopic (exact) mass is 325 g/mol. The summed E-state index contributed by atoms with van der Waals surface area (Å²) in [7, 11) is 0. The van der Waals surface area contributed by atoms with Gasteiger partial charge >= 0.3 is 0 Å². The van der Waals surface area contributed by atoms with Gasteiger partial charge in [0, 0.05) is 35.1 Å². The van der Waals surface area contributed by atoms with Crippen LogP contribution < -0.4 is 14.8 Å². The third-order valence-corrected chi connectivity index (χ3v) is 4.17. The lowest BCUT2D eigenvalue weighted by Gasteiger charge is -2.04. The number of aromatic nitrogens is 2. The van der Waals surface area contributed by atoms with Crippen LogP contribution in [-0.2, 0) is 0 Å². The molecule has 1 aliphatic rings. The molecule has 0 aliphatic carbocycles. The molecule has 3 aromatic rings. The molecular weight excluding hydrogens is 314 g/mol. The van der Waals surface area contributed by atoms with Crippen LogP contribution >= 0.6 is 11.3 Å². The Hall–Kier alpha value is -2.93. The van der Waals surface area contributed by atoms with E-state index >= 15 is 0 Å². The first-order valence-electron chi connectivity index (χ1n) is 6.86. The van der Waals surface area contributed by atoms with E-state index in [1.807, 2.05) is 12.1 Å². The Morgan fingerprint density at radius 2 is 2.13 bits per heavy atom. The van der Waals surface area contributed by atoms with Gasteiger partial charge in [-0.15, -0.1) is 11.3 Å². The number of nitrogens with zero attached hydrogens (tertiary/aromatic N) is 2. The van der Waals surface area contributed by atoms with E-state index in [1.54, 1.807) is 36.0 Å². The predicted molar refractivity (Wildman–Crippen MR) is 85.9 cm³/mol. The molecule has 0 fully saturated rings. The summed E-state index contributed by atoms with van der Waals surface area (Å²) in [6.07, 6.45) is 3.42. The molecule has 0 radical (unpaired) electrons. The van der Waals surface area contributed by atoms with Gasteiger partial charge < -0.3 is 14.8 Å². The molecule has 6 nitrogen and oxygen atoms in total. The number of fused-ring (bicyclic) bond motifs is 1. The summed E-state index contributed by atoms with van der Waals surface area (Å²) in [6, 6.07) is 9.00. The molecule has 23 heavy (non-hydrogen) atoms. The first-order chi connectivity index (χ1) is 11.3. The van der Waals surface area contributed by atoms with E-state index in [0.29, 0.717) is 22.9 Å². The number of pyridine rings is 1. The molecule has 1 aromatic carbocycles. The molecule has 2 aromatic heterocycles. The molecule has 7 heteroatoms. The maximum atomic E-state index is 12.3. The number of nitrogens with one attached hydrogen (secondary N) is 1. The molecule has 3 heterocycles. The molecule has 1 aliphatic heterocycles. The number of benzene rings is 1. The van der Waals surface area contributed by atoms with Gasteiger partial charge in [-0.05, 0) is 24.3 Å². The van der Waals surface area contributed by atoms with Crippen molar-refractivity contribution in [3.8, 4) is 22.1 Å². The predicted octanol–water partition coefficient (Wildman–Crippen LogP) is 3.19. The summed E-state index contributed by atoms with van der Waals surface area (Å²) in [5, 5.41) is 5.29. The molecule has 0 bridgehead atoms. The van der Waals surface area contributed by atoms with E-state index in [2.05, 4.69) is 15.3 Å². The third-order valence-electron chi connectivity index (χ3n) is 3.28. The van der Waals surface area contributed by atoms with Gasteiger partial charge in [-0.2, -0.15) is 0 Å². The van der Waals surface area contributed by atoms with Crippen LogP contribution in [0.2, 0.25) is 0 Å². The first-order valence-corrected chi connectivity index (χ1v) is 7.74. The van der Waals surface area contributed by atoms with Crippen LogP contribution in [0, 0.1) is 0 Å². The number of ether oxygens (including phenoxy) is 2. The molecule has 0 atom stereocenters. The van der Waals surface area contributed by atoms with Gasteiger partial charge in [0.25, 0.3) is 5.91 Å². The zero-order valence-electron chi connectivity index (χ0n) is 11.9. The zero-order valence-corrected chi connectivity index (χ0v) is 12.7. The maximum absolute atomic E-state index is 12.3. The van der Waals surface area contributed by atoms with Crippen molar-refractivity contribution in [2.24, 2.45) is 0 Å². The summed E-state index contributed by atoms with van der Waals surface area (Å²) < 4.78 is 10.5. The van der Waals surface area contributed by atoms with E-state index in [9.17, 15) is 4.79 Å². The zero-order chi connectivity index (χ0) is 15.6. The Balaban J connectivity index is 1.52. The van der Waals surface area contributed by atoms with E-state index in [4.69, 9.17) is 9.47 Å². The summed E-state index contributed by atoms with van der Waals surface area (Å²) in [6.45, 7) is 0.202. The molecule has 0 saturated carbocycles. The number of amides is 1. The molecule has 0 spiro atoms. The summed E-state index contributed by atoms with van der Waals surface area (Å²) in [5.74, 6) is 1.03. The Bertz CT molecular complexity index is 864. The van der Waals surface area contributed by atoms with Crippen LogP contribution in [0.15, 0.2) is 48.1 Å². The topological polar surface area (TPSA) is 73.3 Å². The van der Waals surface area contributed by atoms with Crippen molar-refractivity contribution in [3.63, 3.8) is 0 Å². The van der Waals surface area contributed by atoms with Gasteiger partial charge in [0.1, 0.15) is 10.7 Å². The van der Waals surface area contributed by atoms with Gasteiger partial charge in [-0.3, -0.25) is 9.78 Å². The van der Waals surface area contributed by atoms with Crippen molar-refractivity contribution in [1.29, 1.82) is 0 Å². The first kappa shape index (κ1) is 13.7. The van der Waals surface area contributed by atoms with Crippen molar-refractivity contribution in [3.05, 3.63) is 53.8 Å². The fourth-order valence-corrected chi connectivity index (χ4v) is 2.96. The summed E-state index contributed by atoms with van der Waals surface area (Å²) in [4.78, 5) is 20.7. The molecule has 1 amide bonds. The Morgan fingerprint density at radius 3 is 3.00 bits per heavy atom. The van der Waals surface area contributed by atoms with Crippen molar-refractivity contribution in [2.75, 3.05) is 12.1 Å². The highest BCUT2D eigenvalue weighted by Gasteiger charge is 2.16. The minimum Gasteiger partial charge on any atom is -0.454 e. The van der Waals surface area contributed by atoms with Gasteiger partial charge in [0.15, 0.2) is 11.5 Å². The highest BCUT2D eigenvalue weighted by Crippen LogP contribution is 2.34. The normalized spacial score (nSPS) is 12.2. The SMILES string of the molecule is O=C(Nc1ccc2c(c1)OCO2)c1csc(-c2cccnc2)n1. The standard InChI is InChI=1S/C16H11N3O3S/c20-15(18-11-3-4-13-14(6-11)22-9-21-13)12-8-23-16(19-12)10-2-1-5-17-7-10/h1-8H,9H2,(H,18,20). The minimum absolute atomic E-state index is 0.202. The Kier molecular flexibility index (Phi) is 3.39. The number of thiazole rings is 1. The van der Waals surface area contributed by atoms with Gasteiger partial charge in [-0.25, -0.2) is 4.98 Å². The largest absolute Gasteiger partial charge is 0.454 e. The average Bonchev–Trinajstić information content (AvgIpc) is 3.24.